The fourth-order valence-electron chi connectivity index (χ4n) is 1.68. The van der Waals surface area contributed by atoms with Gasteiger partial charge in [-0.05, 0) is 35.9 Å². The number of pyridine rings is 1. The lowest BCUT2D eigenvalue weighted by Gasteiger charge is -2.20. The molecular formula is C13H12BF3NO2-. The number of nitrogens with zero attached hydrogens (tertiary/aromatic N) is 1. The van der Waals surface area contributed by atoms with Gasteiger partial charge >= 0.3 is 6.98 Å². The van der Waals surface area contributed by atoms with Gasteiger partial charge in [0.05, 0.1) is 12.9 Å². The molecule has 20 heavy (non-hydrogen) atoms. The van der Waals surface area contributed by atoms with Gasteiger partial charge in [0, 0.05) is 12.4 Å². The highest BCUT2D eigenvalue weighted by Crippen LogP contribution is 2.23. The Morgan fingerprint density at radius 3 is 2.40 bits per heavy atom. The van der Waals surface area contributed by atoms with E-state index < -0.39 is 12.4 Å². The molecule has 0 N–H and O–H groups in total. The predicted octanol–water partition coefficient (Wildman–Crippen LogP) is 2.72. The lowest BCUT2D eigenvalue weighted by molar-refractivity contribution is 0.306. The molecule has 0 saturated carbocycles. The molecule has 3 nitrogen and oxygen atoms in total. The van der Waals surface area contributed by atoms with E-state index >= 15 is 0 Å². The Labute approximate surface area is 114 Å². The summed E-state index contributed by atoms with van der Waals surface area (Å²) in [5.74, 6) is -0.0504. The van der Waals surface area contributed by atoms with Crippen LogP contribution in [0.1, 0.15) is 5.56 Å². The summed E-state index contributed by atoms with van der Waals surface area (Å²) in [4.78, 5) is 3.83. The fraction of sp³-hybridized carbons (Fsp3) is 0.154. The number of rotatable bonds is 5. The molecule has 0 bridgehead atoms. The first-order valence-electron chi connectivity index (χ1n) is 5.90. The number of methoxy groups -OCH3 is 1. The lowest BCUT2D eigenvalue weighted by Crippen LogP contribution is -2.35. The van der Waals surface area contributed by atoms with E-state index in [9.17, 15) is 12.9 Å². The van der Waals surface area contributed by atoms with Gasteiger partial charge in [-0.25, -0.2) is 0 Å². The van der Waals surface area contributed by atoms with Crippen molar-refractivity contribution in [3.05, 3.63) is 48.3 Å². The zero-order valence-electron chi connectivity index (χ0n) is 10.7. The number of aromatic nitrogens is 1. The van der Waals surface area contributed by atoms with Crippen LogP contribution in [0.3, 0.4) is 0 Å². The normalized spacial score (nSPS) is 11.2. The van der Waals surface area contributed by atoms with Crippen molar-refractivity contribution in [1.29, 1.82) is 0 Å². The van der Waals surface area contributed by atoms with Crippen molar-refractivity contribution in [2.45, 2.75) is 6.61 Å². The molecule has 1 heterocycles. The Morgan fingerprint density at radius 2 is 1.80 bits per heavy atom. The summed E-state index contributed by atoms with van der Waals surface area (Å²) < 4.78 is 49.1. The molecule has 7 heteroatoms. The Hall–Kier alpha value is -2.18. The first kappa shape index (κ1) is 14.2. The average molecular weight is 282 g/mol. The van der Waals surface area contributed by atoms with E-state index in [1.54, 1.807) is 24.5 Å². The Kier molecular flexibility index (Phi) is 4.17. The molecule has 0 aliphatic carbocycles. The molecule has 1 aromatic carbocycles. The van der Waals surface area contributed by atoms with Gasteiger partial charge in [-0.3, -0.25) is 4.98 Å². The molecule has 0 radical (unpaired) electrons. The fourth-order valence-corrected chi connectivity index (χ4v) is 1.68. The molecule has 0 saturated heterocycles. The van der Waals surface area contributed by atoms with Crippen LogP contribution < -0.4 is 14.9 Å². The summed E-state index contributed by atoms with van der Waals surface area (Å²) in [5, 5.41) is 0. The Balaban J connectivity index is 2.23. The van der Waals surface area contributed by atoms with Crippen molar-refractivity contribution < 1.29 is 22.4 Å². The average Bonchev–Trinajstić information content (AvgIpc) is 2.45. The van der Waals surface area contributed by atoms with E-state index in [1.807, 2.05) is 0 Å². The van der Waals surface area contributed by atoms with Crippen molar-refractivity contribution in [3.8, 4) is 11.5 Å². The minimum Gasteiger partial charge on any atom is -0.497 e. The summed E-state index contributed by atoms with van der Waals surface area (Å²) in [6, 6.07) is 7.02. The van der Waals surface area contributed by atoms with Crippen molar-refractivity contribution >= 4 is 12.4 Å². The van der Waals surface area contributed by atoms with Gasteiger partial charge in [-0.15, -0.1) is 0 Å². The second kappa shape index (κ2) is 5.86. The van der Waals surface area contributed by atoms with Crippen LogP contribution in [-0.2, 0) is 6.61 Å². The van der Waals surface area contributed by atoms with Crippen LogP contribution in [0.4, 0.5) is 12.9 Å². The molecule has 0 amide bonds. The highest BCUT2D eigenvalue weighted by Gasteiger charge is 2.29. The van der Waals surface area contributed by atoms with E-state index in [1.165, 1.54) is 19.2 Å². The summed E-state index contributed by atoms with van der Waals surface area (Å²) in [6.45, 7) is -5.12. The quantitative estimate of drug-likeness (QED) is 0.790. The number of hydrogen-bond acceptors (Lipinski definition) is 3. The first-order valence-corrected chi connectivity index (χ1v) is 5.90. The maximum absolute atomic E-state index is 13.0. The first-order chi connectivity index (χ1) is 9.50. The van der Waals surface area contributed by atoms with Crippen molar-refractivity contribution in [2.75, 3.05) is 7.11 Å². The van der Waals surface area contributed by atoms with Gasteiger partial charge in [0.2, 0.25) is 0 Å². The van der Waals surface area contributed by atoms with Gasteiger partial charge in [-0.1, -0.05) is 5.46 Å². The topological polar surface area (TPSA) is 31.4 Å². The van der Waals surface area contributed by atoms with Gasteiger partial charge in [0.1, 0.15) is 12.4 Å². The van der Waals surface area contributed by atoms with E-state index in [0.717, 1.165) is 11.6 Å². The summed E-state index contributed by atoms with van der Waals surface area (Å²) >= 11 is 0. The van der Waals surface area contributed by atoms with E-state index in [-0.39, 0.29) is 18.1 Å². The SMILES string of the molecule is COc1ccc(OCc2ccncc2)c([B-](F)(F)F)c1. The van der Waals surface area contributed by atoms with Crippen LogP contribution in [0.15, 0.2) is 42.7 Å². The van der Waals surface area contributed by atoms with Gasteiger partial charge in [0.15, 0.2) is 0 Å². The third kappa shape index (κ3) is 3.43. The van der Waals surface area contributed by atoms with Gasteiger partial charge < -0.3 is 22.4 Å². The molecule has 0 atom stereocenters. The van der Waals surface area contributed by atoms with Crippen LogP contribution in [0.2, 0.25) is 0 Å². The molecule has 2 rings (SSSR count). The molecule has 0 fully saturated rings. The Morgan fingerprint density at radius 1 is 1.10 bits per heavy atom. The summed E-state index contributed by atoms with van der Waals surface area (Å²) in [5.41, 5.74) is -0.0464. The number of halogens is 3. The Bertz CT molecular complexity index is 576. The van der Waals surface area contributed by atoms with E-state index in [0.29, 0.717) is 0 Å². The van der Waals surface area contributed by atoms with Crippen molar-refractivity contribution in [3.63, 3.8) is 0 Å². The molecule has 0 spiro atoms. The molecule has 106 valence electrons. The molecule has 0 aliphatic heterocycles. The number of benzene rings is 1. The largest absolute Gasteiger partial charge is 0.513 e. The predicted molar refractivity (Wildman–Crippen MR) is 70.3 cm³/mol. The molecular weight excluding hydrogens is 270 g/mol. The van der Waals surface area contributed by atoms with Crippen LogP contribution in [0.25, 0.3) is 0 Å². The summed E-state index contributed by atoms with van der Waals surface area (Å²) in [7, 11) is 1.32. The second-order valence-corrected chi connectivity index (χ2v) is 4.12. The zero-order valence-corrected chi connectivity index (χ0v) is 10.7. The van der Waals surface area contributed by atoms with Crippen LogP contribution in [-0.4, -0.2) is 19.1 Å². The van der Waals surface area contributed by atoms with E-state index in [4.69, 9.17) is 9.47 Å². The van der Waals surface area contributed by atoms with Crippen molar-refractivity contribution in [2.24, 2.45) is 0 Å². The molecule has 2 aromatic rings. The monoisotopic (exact) mass is 282 g/mol. The second-order valence-electron chi connectivity index (χ2n) is 4.12. The molecule has 0 unspecified atom stereocenters. The van der Waals surface area contributed by atoms with Crippen LogP contribution in [0.5, 0.6) is 11.5 Å². The zero-order chi connectivity index (χ0) is 14.6. The van der Waals surface area contributed by atoms with Crippen LogP contribution in [0, 0.1) is 0 Å². The minimum atomic E-state index is -5.17. The standard InChI is InChI=1S/C13H12BF3NO2/c1-19-11-2-3-13(12(8-11)14(15,16)17)20-9-10-4-6-18-7-5-10/h2-8H,9H2,1H3/q-1. The van der Waals surface area contributed by atoms with Crippen LogP contribution >= 0.6 is 0 Å². The molecule has 0 aliphatic rings. The van der Waals surface area contributed by atoms with Gasteiger partial charge in [0.25, 0.3) is 0 Å². The van der Waals surface area contributed by atoms with Crippen molar-refractivity contribution in [1.82, 2.24) is 4.98 Å². The molecule has 1 aromatic heterocycles. The third-order valence-electron chi connectivity index (χ3n) is 2.71. The van der Waals surface area contributed by atoms with Gasteiger partial charge in [-0.2, -0.15) is 0 Å². The smallest absolute Gasteiger partial charge is 0.497 e. The highest BCUT2D eigenvalue weighted by atomic mass is 19.4. The number of hydrogen-bond donors (Lipinski definition) is 0. The maximum Gasteiger partial charge on any atom is 0.513 e. The summed E-state index contributed by atoms with van der Waals surface area (Å²) in [6.07, 6.45) is 3.11. The lowest BCUT2D eigenvalue weighted by atomic mass is 9.79. The number of ether oxygens (including phenoxy) is 2. The van der Waals surface area contributed by atoms with E-state index in [2.05, 4.69) is 4.98 Å². The third-order valence-corrected chi connectivity index (χ3v) is 2.71. The maximum atomic E-state index is 13.0. The minimum absolute atomic E-state index is 0.0496. The highest BCUT2D eigenvalue weighted by molar-refractivity contribution is 6.74.